The van der Waals surface area contributed by atoms with Crippen molar-refractivity contribution < 1.29 is 84.7 Å². The van der Waals surface area contributed by atoms with Gasteiger partial charge in [-0.05, 0) is 193 Å². The molecule has 4 saturated heterocycles. The van der Waals surface area contributed by atoms with Gasteiger partial charge in [-0.15, -0.1) is 49.9 Å². The third kappa shape index (κ3) is 31.8. The number of nitrogens with two attached hydrogens (primary N) is 4. The van der Waals surface area contributed by atoms with Crippen LogP contribution in [0.15, 0.2) is 214 Å². The van der Waals surface area contributed by atoms with Gasteiger partial charge < -0.3 is 61.1 Å². The van der Waals surface area contributed by atoms with Crippen molar-refractivity contribution in [2.75, 3.05) is 72.0 Å². The van der Waals surface area contributed by atoms with Crippen LogP contribution >= 0.6 is 93.8 Å². The average molecular weight is 1730 g/mol. The highest BCUT2D eigenvalue weighted by Gasteiger charge is 2.29. The number of para-hydroxylation sites is 4. The summed E-state index contributed by atoms with van der Waals surface area (Å²) in [5.41, 5.74) is 4.48. The van der Waals surface area contributed by atoms with Crippen LogP contribution in [0.2, 0.25) is 0 Å². The third-order valence-electron chi connectivity index (χ3n) is 16.1. The van der Waals surface area contributed by atoms with Crippen LogP contribution in [0, 0.1) is 0 Å². The summed E-state index contributed by atoms with van der Waals surface area (Å²) in [6.45, 7) is 15.0. The maximum Gasteiger partial charge on any atom is 0.335 e. The number of ether oxygens (including phenoxy) is 4. The number of carboxylic acid groups (broad SMARTS) is 1. The van der Waals surface area contributed by atoms with Crippen LogP contribution in [0.3, 0.4) is 0 Å². The Morgan fingerprint density at radius 2 is 0.634 bits per heavy atom. The highest BCUT2D eigenvalue weighted by molar-refractivity contribution is 8.26. The molecule has 36 heteroatoms. The summed E-state index contributed by atoms with van der Waals surface area (Å²) < 4.78 is 52.6. The van der Waals surface area contributed by atoms with E-state index in [0.29, 0.717) is 88.0 Å². The first kappa shape index (κ1) is 93.5. The number of anilines is 4. The van der Waals surface area contributed by atoms with Gasteiger partial charge >= 0.3 is 5.97 Å². The molecule has 0 aliphatic carbocycles. The molecule has 4 fully saturated rings. The van der Waals surface area contributed by atoms with Crippen LogP contribution in [0.4, 0.5) is 22.7 Å². The number of hydrogen-bond acceptors (Lipinski definition) is 30. The van der Waals surface area contributed by atoms with Gasteiger partial charge in [0.25, 0.3) is 5.24 Å². The van der Waals surface area contributed by atoms with E-state index in [9.17, 15) is 24.3 Å². The first-order valence-corrected chi connectivity index (χ1v) is 41.5. The first-order chi connectivity index (χ1) is 54.3. The summed E-state index contributed by atoms with van der Waals surface area (Å²) in [5.74, 6) is 23.7. The number of carbonyl (C=O) groups excluding carboxylic acids is 3. The number of halogens is 3. The van der Waals surface area contributed by atoms with E-state index < -0.39 is 25.6 Å². The van der Waals surface area contributed by atoms with Crippen molar-refractivity contribution in [3.8, 4) is 46.0 Å². The molecule has 4 aliphatic heterocycles. The standard InChI is InChI=1S/C17H17ClN2O4S.C17H18N2O5S.2C17H18N2O4S2.2C4H8.Cl2OS/c18-17(21)12-10-14(20-8-4-5-9-20)16(15(11-12)25-24-23-19)22-13-6-2-1-3-7-13;18-23-24-25-15-11-12(17(20)21)10-14(19-8-4-5-9-19)16(15)22-13-6-2-1-3-7-13;2*18-22-23-25-15-11-12(17(20)24)10-14(19-8-4-5-9-19)16(15)21-13-6-2-1-3-7-13;2*1-3-4-2;1-4(2)3/h1-3,6-7,10-11H,4-5,8-9,19H2;1-3,6-7,10-11H,4-5,8-9,18H2,(H,20,21);2*1-3,6-7,10-11H,4-5,8-9,18H2,(H,20,24);2*3-4H,1-2H3;/p-1. The molecule has 4 heterocycles. The van der Waals surface area contributed by atoms with Gasteiger partial charge in [0.15, 0.2) is 23.0 Å². The number of rotatable bonds is 28. The van der Waals surface area contributed by atoms with E-state index >= 15 is 0 Å². The zero-order chi connectivity index (χ0) is 81.0. The Hall–Kier alpha value is -7.37. The lowest BCUT2D eigenvalue weighted by Crippen LogP contribution is -2.19. The molecule has 0 bridgehead atoms. The highest BCUT2D eigenvalue weighted by Crippen LogP contribution is 2.48. The van der Waals surface area contributed by atoms with E-state index in [4.69, 9.17) is 88.3 Å². The molecule has 9 N–H and O–H groups in total. The SMILES string of the molecule is CC=CC.CC=CC.NOOSc1cc(C(=O)Cl)cc(N2CCCC2)c1Oc1ccccc1.NOOSc1cc(C(=O)O)cc(N2CCCC2)c1Oc1ccccc1.NOOSc1cc(C(=O)S)cc(N2CCCC2)c1Oc1ccccc1.NOOSc1cc(C(=O)[S-])cc(N2CCCC2)c1Oc1ccccc1.O=S(Cl)Cl. The van der Waals surface area contributed by atoms with Crippen molar-refractivity contribution in [2.45, 2.75) is 98.6 Å². The van der Waals surface area contributed by atoms with Crippen LogP contribution in [-0.2, 0) is 59.1 Å². The van der Waals surface area contributed by atoms with E-state index in [1.165, 1.54) is 6.07 Å². The van der Waals surface area contributed by atoms with Crippen molar-refractivity contribution in [2.24, 2.45) is 23.6 Å². The molecule has 8 aromatic carbocycles. The highest BCUT2D eigenvalue weighted by atomic mass is 36.0. The van der Waals surface area contributed by atoms with Crippen LogP contribution in [0.5, 0.6) is 46.0 Å². The van der Waals surface area contributed by atoms with Crippen molar-refractivity contribution in [3.63, 3.8) is 0 Å². The maximum absolute atomic E-state index is 11.8. The second-order valence-corrected chi connectivity index (χ2v) is 30.0. The number of aromatic carboxylic acids is 1. The van der Waals surface area contributed by atoms with Crippen LogP contribution in [-0.4, -0.2) is 83.1 Å². The normalized spacial score (nSPS) is 13.4. The lowest BCUT2D eigenvalue weighted by Gasteiger charge is -2.24. The molecule has 0 radical (unpaired) electrons. The monoisotopic (exact) mass is 1730 g/mol. The zero-order valence-corrected chi connectivity index (χ0v) is 69.4. The molecule has 0 aromatic heterocycles. The maximum atomic E-state index is 11.8. The predicted octanol–water partition coefficient (Wildman–Crippen LogP) is 19.7. The van der Waals surface area contributed by atoms with Gasteiger partial charge in [-0.3, -0.25) is 9.59 Å². The Kier molecular flexibility index (Phi) is 44.2. The molecule has 0 amide bonds. The Morgan fingerprint density at radius 1 is 0.411 bits per heavy atom. The summed E-state index contributed by atoms with van der Waals surface area (Å²) in [5, 5.41) is 8.09. The minimum absolute atomic E-state index is 0.144. The van der Waals surface area contributed by atoms with Crippen molar-refractivity contribution >= 4 is 160 Å². The summed E-state index contributed by atoms with van der Waals surface area (Å²) in [6, 6.07) is 50.7. The van der Waals surface area contributed by atoms with Gasteiger partial charge in [-0.25, -0.2) is 9.00 Å². The lowest BCUT2D eigenvalue weighted by molar-refractivity contribution is -0.195. The number of carboxylic acids is 1. The van der Waals surface area contributed by atoms with E-state index in [0.717, 1.165) is 169 Å². The van der Waals surface area contributed by atoms with E-state index in [1.54, 1.807) is 42.5 Å². The van der Waals surface area contributed by atoms with Gasteiger partial charge in [0.1, 0.15) is 23.0 Å². The van der Waals surface area contributed by atoms with Gasteiger partial charge in [0.2, 0.25) is 14.3 Å². The van der Waals surface area contributed by atoms with E-state index in [-0.39, 0.29) is 10.7 Å². The Labute approximate surface area is 695 Å². The number of benzene rings is 8. The largest absolute Gasteiger partial charge is 0.737 e. The van der Waals surface area contributed by atoms with Gasteiger partial charge in [-0.1, -0.05) is 97.1 Å². The second kappa shape index (κ2) is 52.9. The molecule has 26 nitrogen and oxygen atoms in total. The first-order valence-electron chi connectivity index (χ1n) is 34.5. The molecule has 0 unspecified atom stereocenters. The zero-order valence-electron chi connectivity index (χ0n) is 61.3. The second-order valence-electron chi connectivity index (χ2n) is 23.4. The Bertz CT molecular complexity index is 3750. The topological polar surface area (TPSA) is 333 Å². The average Bonchev–Trinajstić information content (AvgIpc) is 1.51. The summed E-state index contributed by atoms with van der Waals surface area (Å²) >= 11 is 17.9. The summed E-state index contributed by atoms with van der Waals surface area (Å²) in [6.07, 6.45) is 16.6. The predicted molar refractivity (Wildman–Crippen MR) is 449 cm³/mol. The van der Waals surface area contributed by atoms with Crippen molar-refractivity contribution in [1.29, 1.82) is 0 Å². The fraction of sp³-hybridized carbons (Fsp3) is 0.263. The van der Waals surface area contributed by atoms with Crippen LogP contribution in [0.25, 0.3) is 0 Å². The Balaban J connectivity index is 0.000000221. The van der Waals surface area contributed by atoms with Crippen LogP contribution < -0.4 is 62.1 Å². The number of hydrogen-bond donors (Lipinski definition) is 6. The molecular weight excluding hydrogens is 1640 g/mol. The molecule has 8 aromatic rings. The Morgan fingerprint density at radius 3 is 0.857 bits per heavy atom. The van der Waals surface area contributed by atoms with E-state index in [1.807, 2.05) is 173 Å². The van der Waals surface area contributed by atoms with Crippen molar-refractivity contribution in [3.05, 3.63) is 216 Å². The van der Waals surface area contributed by atoms with Gasteiger partial charge in [0, 0.05) is 90.0 Å². The number of carbonyl (C=O) groups is 4. The minimum atomic E-state index is -1.67. The summed E-state index contributed by atoms with van der Waals surface area (Å²) in [7, 11) is 7.36. The van der Waals surface area contributed by atoms with Crippen molar-refractivity contribution in [1.82, 2.24) is 0 Å². The fourth-order valence-corrected chi connectivity index (χ4v) is 13.3. The number of thiol groups is 1. The molecule has 112 heavy (non-hydrogen) atoms. The molecular formula is C76H86Cl3N8O18S7-. The van der Waals surface area contributed by atoms with Gasteiger partial charge in [0.05, 0.1) is 96.1 Å². The molecule has 12 rings (SSSR count). The van der Waals surface area contributed by atoms with Gasteiger partial charge in [-0.2, -0.15) is 23.6 Å². The summed E-state index contributed by atoms with van der Waals surface area (Å²) in [4.78, 5) is 74.3. The van der Waals surface area contributed by atoms with E-state index in [2.05, 4.69) is 73.5 Å². The molecule has 0 saturated carbocycles. The third-order valence-corrected chi connectivity index (χ3v) is 19.3. The fourth-order valence-electron chi connectivity index (χ4n) is 10.9. The quantitative estimate of drug-likeness (QED) is 0.00504. The smallest absolute Gasteiger partial charge is 0.335 e. The lowest BCUT2D eigenvalue weighted by atomic mass is 10.1. The number of allylic oxidation sites excluding steroid dienone is 4. The molecule has 4 aliphatic rings. The molecule has 602 valence electrons. The number of nitrogens with zero attached hydrogens (tertiary/aromatic N) is 4. The minimum Gasteiger partial charge on any atom is -0.737 e. The van der Waals surface area contributed by atoms with Crippen LogP contribution in [0.1, 0.15) is 120 Å². The molecule has 0 spiro atoms. The molecule has 0 atom stereocenters.